The predicted molar refractivity (Wildman–Crippen MR) is 111 cm³/mol. The highest BCUT2D eigenvalue weighted by Gasteiger charge is 2.36. The van der Waals surface area contributed by atoms with Crippen LogP contribution in [0.15, 0.2) is 47.6 Å². The molecule has 154 valence electrons. The fraction of sp³-hybridized carbons (Fsp3) is 0.158. The Morgan fingerprint density at radius 3 is 2.70 bits per heavy atom. The second-order valence-corrected chi connectivity index (χ2v) is 8.30. The van der Waals surface area contributed by atoms with Crippen molar-refractivity contribution in [2.75, 3.05) is 5.32 Å². The van der Waals surface area contributed by atoms with Crippen molar-refractivity contribution >= 4 is 52.5 Å². The van der Waals surface area contributed by atoms with Gasteiger partial charge in [0.2, 0.25) is 5.91 Å². The van der Waals surface area contributed by atoms with Gasteiger partial charge in [-0.3, -0.25) is 9.59 Å². The number of amides is 1. The second-order valence-electron chi connectivity index (χ2n) is 6.29. The largest absolute Gasteiger partial charge is 0.486 e. The van der Waals surface area contributed by atoms with Crippen molar-refractivity contribution in [2.45, 2.75) is 23.4 Å². The molecule has 11 heteroatoms. The molecule has 1 aliphatic rings. The van der Waals surface area contributed by atoms with Gasteiger partial charge in [0.1, 0.15) is 23.4 Å². The number of hydrogen-bond acceptors (Lipinski definition) is 6. The number of ether oxygens (including phenoxy) is 1. The highest BCUT2D eigenvalue weighted by molar-refractivity contribution is 8.00. The van der Waals surface area contributed by atoms with Gasteiger partial charge in [-0.25, -0.2) is 9.37 Å². The third kappa shape index (κ3) is 4.58. The van der Waals surface area contributed by atoms with Crippen LogP contribution in [0.5, 0.6) is 5.75 Å². The Balaban J connectivity index is 1.33. The normalized spacial score (nSPS) is 15.2. The van der Waals surface area contributed by atoms with E-state index in [-0.39, 0.29) is 24.0 Å². The van der Waals surface area contributed by atoms with Gasteiger partial charge in [-0.2, -0.15) is 4.68 Å². The summed E-state index contributed by atoms with van der Waals surface area (Å²) in [6.45, 7) is 0.0892. The van der Waals surface area contributed by atoms with E-state index in [4.69, 9.17) is 27.9 Å². The van der Waals surface area contributed by atoms with Crippen LogP contribution >= 0.6 is 35.0 Å². The van der Waals surface area contributed by atoms with Gasteiger partial charge in [0.25, 0.3) is 5.91 Å². The Hall–Kier alpha value is -2.62. The highest BCUT2D eigenvalue weighted by atomic mass is 35.5. The van der Waals surface area contributed by atoms with Crippen LogP contribution < -0.4 is 10.1 Å². The number of halogens is 3. The number of hydrogen-bond donors (Lipinski definition) is 1. The number of nitrogens with one attached hydrogen (secondary N) is 1. The van der Waals surface area contributed by atoms with Crippen LogP contribution in [-0.2, 0) is 11.4 Å². The number of rotatable bonds is 6. The minimum Gasteiger partial charge on any atom is -0.486 e. The van der Waals surface area contributed by atoms with Crippen molar-refractivity contribution < 1.29 is 18.7 Å². The van der Waals surface area contributed by atoms with Gasteiger partial charge in [-0.1, -0.05) is 35.0 Å². The summed E-state index contributed by atoms with van der Waals surface area (Å²) in [6, 6.07) is 10.7. The van der Waals surface area contributed by atoms with Crippen LogP contribution in [0.4, 0.5) is 10.1 Å². The lowest BCUT2D eigenvalue weighted by atomic mass is 10.2. The number of aromatic nitrogens is 3. The van der Waals surface area contributed by atoms with Crippen molar-refractivity contribution in [1.29, 1.82) is 0 Å². The topological polar surface area (TPSA) is 86.1 Å². The Morgan fingerprint density at radius 1 is 1.23 bits per heavy atom. The molecule has 1 N–H and O–H groups in total. The molecule has 1 unspecified atom stereocenters. The molecule has 30 heavy (non-hydrogen) atoms. The van der Waals surface area contributed by atoms with Crippen LogP contribution in [0.25, 0.3) is 0 Å². The van der Waals surface area contributed by atoms with Crippen molar-refractivity contribution in [3.05, 3.63) is 64.2 Å². The molecule has 4 rings (SSSR count). The monoisotopic (exact) mass is 466 g/mol. The van der Waals surface area contributed by atoms with E-state index in [0.29, 0.717) is 27.4 Å². The van der Waals surface area contributed by atoms with Crippen LogP contribution in [-0.4, -0.2) is 31.8 Å². The van der Waals surface area contributed by atoms with Crippen molar-refractivity contribution in [2.24, 2.45) is 0 Å². The first-order valence-electron chi connectivity index (χ1n) is 8.69. The Kier molecular flexibility index (Phi) is 5.94. The summed E-state index contributed by atoms with van der Waals surface area (Å²) in [4.78, 5) is 29.1. The summed E-state index contributed by atoms with van der Waals surface area (Å²) in [5.74, 6) is -0.370. The van der Waals surface area contributed by atoms with E-state index in [9.17, 15) is 14.0 Å². The third-order valence-corrected chi connectivity index (χ3v) is 5.78. The van der Waals surface area contributed by atoms with Crippen molar-refractivity contribution in [3.63, 3.8) is 0 Å². The molecule has 0 fully saturated rings. The number of thioether (sulfide) groups is 1. The van der Waals surface area contributed by atoms with Gasteiger partial charge in [0, 0.05) is 17.1 Å². The molecule has 2 aromatic carbocycles. The van der Waals surface area contributed by atoms with Gasteiger partial charge < -0.3 is 10.1 Å². The minimum absolute atomic E-state index is 0.0832. The SMILES string of the molecule is O=C(CC1Sc2nc(COc3ccc(Cl)cc3)nn2C1=O)Nc1ccc(F)c(Cl)c1. The van der Waals surface area contributed by atoms with E-state index in [2.05, 4.69) is 15.4 Å². The lowest BCUT2D eigenvalue weighted by molar-refractivity contribution is -0.116. The number of anilines is 1. The molecule has 0 radical (unpaired) electrons. The fourth-order valence-electron chi connectivity index (χ4n) is 2.70. The maximum absolute atomic E-state index is 13.2. The molecule has 0 saturated carbocycles. The Bertz CT molecular complexity index is 1120. The van der Waals surface area contributed by atoms with Gasteiger partial charge in [-0.05, 0) is 42.5 Å². The summed E-state index contributed by atoms with van der Waals surface area (Å²) in [7, 11) is 0. The summed E-state index contributed by atoms with van der Waals surface area (Å²) < 4.78 is 20.0. The molecule has 0 aliphatic carbocycles. The number of carbonyl (C=O) groups excluding carboxylic acids is 2. The molecule has 1 aromatic heterocycles. The molecule has 1 amide bonds. The summed E-state index contributed by atoms with van der Waals surface area (Å²) in [6.07, 6.45) is -0.0832. The van der Waals surface area contributed by atoms with Crippen LogP contribution in [0.2, 0.25) is 10.0 Å². The van der Waals surface area contributed by atoms with Crippen LogP contribution in [0.3, 0.4) is 0 Å². The molecular weight excluding hydrogens is 454 g/mol. The second kappa shape index (κ2) is 8.63. The summed E-state index contributed by atoms with van der Waals surface area (Å²) in [5, 5.41) is 7.00. The highest BCUT2D eigenvalue weighted by Crippen LogP contribution is 2.32. The standard InChI is InChI=1S/C19H13Cl2FN4O3S/c20-10-1-4-12(5-2-10)29-9-16-24-19-26(25-16)18(28)15(30-19)8-17(27)23-11-3-6-14(22)13(21)7-11/h1-7,15H,8-9H2,(H,23,27). The zero-order chi connectivity index (χ0) is 21.3. The number of fused-ring (bicyclic) bond motifs is 1. The average Bonchev–Trinajstić information content (AvgIpc) is 3.23. The first-order chi connectivity index (χ1) is 14.4. The molecule has 0 saturated heterocycles. The zero-order valence-electron chi connectivity index (χ0n) is 15.1. The third-order valence-electron chi connectivity index (χ3n) is 4.11. The lowest BCUT2D eigenvalue weighted by Gasteiger charge is -2.09. The first-order valence-corrected chi connectivity index (χ1v) is 10.3. The van der Waals surface area contributed by atoms with Gasteiger partial charge >= 0.3 is 0 Å². The molecule has 0 spiro atoms. The molecule has 0 bridgehead atoms. The van der Waals surface area contributed by atoms with Gasteiger partial charge in [-0.15, -0.1) is 5.10 Å². The number of carbonyl (C=O) groups is 2. The Morgan fingerprint density at radius 2 is 2.00 bits per heavy atom. The predicted octanol–water partition coefficient (Wildman–Crippen LogP) is 4.45. The quantitative estimate of drug-likeness (QED) is 0.577. The molecule has 3 aromatic rings. The summed E-state index contributed by atoms with van der Waals surface area (Å²) >= 11 is 12.7. The first kappa shape index (κ1) is 20.6. The molecule has 7 nitrogen and oxygen atoms in total. The smallest absolute Gasteiger partial charge is 0.263 e. The van der Waals surface area contributed by atoms with Crippen molar-refractivity contribution in [1.82, 2.24) is 14.8 Å². The van der Waals surface area contributed by atoms with E-state index in [0.717, 1.165) is 17.8 Å². The van der Waals surface area contributed by atoms with E-state index < -0.39 is 17.0 Å². The maximum atomic E-state index is 13.2. The Labute approximate surface area is 184 Å². The molecule has 1 atom stereocenters. The molecular formula is C19H13Cl2FN4O3S. The van der Waals surface area contributed by atoms with Crippen LogP contribution in [0.1, 0.15) is 17.0 Å². The summed E-state index contributed by atoms with van der Waals surface area (Å²) in [5.41, 5.74) is 0.347. The van der Waals surface area contributed by atoms with E-state index >= 15 is 0 Å². The maximum Gasteiger partial charge on any atom is 0.263 e. The van der Waals surface area contributed by atoms with Gasteiger partial charge in [0.05, 0.1) is 5.02 Å². The minimum atomic E-state index is -0.651. The van der Waals surface area contributed by atoms with E-state index in [1.807, 2.05) is 0 Å². The zero-order valence-corrected chi connectivity index (χ0v) is 17.5. The number of benzene rings is 2. The van der Waals surface area contributed by atoms with Crippen LogP contribution in [0, 0.1) is 5.82 Å². The molecule has 1 aliphatic heterocycles. The van der Waals surface area contributed by atoms with Gasteiger partial charge in [0.15, 0.2) is 11.0 Å². The molecule has 2 heterocycles. The van der Waals surface area contributed by atoms with E-state index in [1.165, 1.54) is 16.8 Å². The number of nitrogens with zero attached hydrogens (tertiary/aromatic N) is 3. The van der Waals surface area contributed by atoms with Crippen molar-refractivity contribution in [3.8, 4) is 5.75 Å². The average molecular weight is 467 g/mol. The lowest BCUT2D eigenvalue weighted by Crippen LogP contribution is -2.25. The van der Waals surface area contributed by atoms with E-state index in [1.54, 1.807) is 24.3 Å². The fourth-order valence-corrected chi connectivity index (χ4v) is 4.08.